The van der Waals surface area contributed by atoms with E-state index in [1.165, 1.54) is 6.92 Å². The molecule has 168 valence electrons. The van der Waals surface area contributed by atoms with Gasteiger partial charge < -0.3 is 24.8 Å². The highest BCUT2D eigenvalue weighted by molar-refractivity contribution is 6.01. The molecule has 2 aromatic rings. The van der Waals surface area contributed by atoms with Crippen LogP contribution in [0.2, 0.25) is 0 Å². The van der Waals surface area contributed by atoms with Crippen LogP contribution in [0.3, 0.4) is 0 Å². The van der Waals surface area contributed by atoms with E-state index in [1.54, 1.807) is 61.7 Å². The maximum atomic E-state index is 12.6. The molecule has 9 heteroatoms. The van der Waals surface area contributed by atoms with Gasteiger partial charge in [-0.05, 0) is 36.8 Å². The van der Waals surface area contributed by atoms with Gasteiger partial charge in [-0.2, -0.15) is 0 Å². The maximum absolute atomic E-state index is 12.6. The summed E-state index contributed by atoms with van der Waals surface area (Å²) in [6, 6.07) is 13.3. The van der Waals surface area contributed by atoms with Crippen LogP contribution in [0, 0.1) is 5.92 Å². The quantitative estimate of drug-likeness (QED) is 0.447. The molecule has 0 radical (unpaired) electrons. The van der Waals surface area contributed by atoms with Crippen LogP contribution in [0.25, 0.3) is 0 Å². The Morgan fingerprint density at radius 1 is 1.09 bits per heavy atom. The average Bonchev–Trinajstić information content (AvgIpc) is 2.81. The first kappa shape index (κ1) is 22.8. The molecule has 1 heterocycles. The molecule has 0 spiro atoms. The molecular weight excluding hydrogens is 416 g/mol. The molecule has 32 heavy (non-hydrogen) atoms. The monoisotopic (exact) mass is 440 g/mol. The molecule has 3 atom stereocenters. The van der Waals surface area contributed by atoms with Crippen LogP contribution in [0.5, 0.6) is 5.75 Å². The van der Waals surface area contributed by atoms with E-state index in [9.17, 15) is 24.3 Å². The average molecular weight is 440 g/mol. The molecule has 0 aliphatic carbocycles. The first-order valence-electron chi connectivity index (χ1n) is 9.99. The van der Waals surface area contributed by atoms with Gasteiger partial charge in [0.25, 0.3) is 5.91 Å². The van der Waals surface area contributed by atoms with Crippen LogP contribution < -0.4 is 10.1 Å². The number of nitrogens with one attached hydrogen (secondary N) is 1. The highest BCUT2D eigenvalue weighted by Crippen LogP contribution is 2.27. The number of carboxylic acid groups (broad SMARTS) is 1. The molecule has 1 aliphatic rings. The number of aliphatic carboxylic acids is 1. The van der Waals surface area contributed by atoms with Gasteiger partial charge in [-0.1, -0.05) is 30.3 Å². The number of carbonyl (C=O) groups is 4. The van der Waals surface area contributed by atoms with Gasteiger partial charge in [0.05, 0.1) is 19.1 Å². The predicted octanol–water partition coefficient (Wildman–Crippen LogP) is 1.47. The third-order valence-electron chi connectivity index (χ3n) is 5.33. The summed E-state index contributed by atoms with van der Waals surface area (Å²) in [5, 5.41) is 12.0. The number of amides is 2. The van der Waals surface area contributed by atoms with Gasteiger partial charge in [0, 0.05) is 5.56 Å². The summed E-state index contributed by atoms with van der Waals surface area (Å²) in [5.74, 6) is -3.17. The number of hydrogen-bond donors (Lipinski definition) is 2. The van der Waals surface area contributed by atoms with Gasteiger partial charge in [0.2, 0.25) is 5.91 Å². The number of benzene rings is 2. The van der Waals surface area contributed by atoms with Gasteiger partial charge in [-0.3, -0.25) is 19.2 Å². The van der Waals surface area contributed by atoms with E-state index in [4.69, 9.17) is 9.47 Å². The number of β-lactam (4-membered cyclic amide) rings is 1. The van der Waals surface area contributed by atoms with Crippen LogP contribution in [0.4, 0.5) is 0 Å². The summed E-state index contributed by atoms with van der Waals surface area (Å²) >= 11 is 0. The van der Waals surface area contributed by atoms with Gasteiger partial charge in [-0.25, -0.2) is 0 Å². The van der Waals surface area contributed by atoms with Crippen LogP contribution >= 0.6 is 0 Å². The molecule has 1 fully saturated rings. The Kier molecular flexibility index (Phi) is 7.09. The van der Waals surface area contributed by atoms with Crippen molar-refractivity contribution < 1.29 is 33.8 Å². The summed E-state index contributed by atoms with van der Waals surface area (Å²) in [4.78, 5) is 50.1. The summed E-state index contributed by atoms with van der Waals surface area (Å²) in [7, 11) is 1.54. The van der Waals surface area contributed by atoms with E-state index < -0.39 is 48.3 Å². The number of carbonyl (C=O) groups excluding carboxylic acids is 3. The van der Waals surface area contributed by atoms with Gasteiger partial charge in [0.1, 0.15) is 24.9 Å². The first-order chi connectivity index (χ1) is 15.3. The standard InChI is InChI=1S/C23H24N2O7/c1-14(23(29)30)20-19(24-21(27)16-6-4-3-5-7-16)22(28)25(20)12-18(26)32-13-15-8-10-17(31-2)11-9-15/h3-11,14,19-20H,12-13H2,1-2H3,(H,24,27)(H,29,30). The molecule has 2 amide bonds. The summed E-state index contributed by atoms with van der Waals surface area (Å²) in [5.41, 5.74) is 1.08. The van der Waals surface area contributed by atoms with E-state index in [2.05, 4.69) is 5.32 Å². The lowest BCUT2D eigenvalue weighted by molar-refractivity contribution is -0.167. The zero-order valence-corrected chi connectivity index (χ0v) is 17.7. The Morgan fingerprint density at radius 3 is 2.34 bits per heavy atom. The highest BCUT2D eigenvalue weighted by Gasteiger charge is 2.53. The van der Waals surface area contributed by atoms with Crippen molar-refractivity contribution in [2.24, 2.45) is 5.92 Å². The van der Waals surface area contributed by atoms with Crippen LogP contribution in [-0.4, -0.2) is 59.5 Å². The van der Waals surface area contributed by atoms with Gasteiger partial charge >= 0.3 is 11.9 Å². The van der Waals surface area contributed by atoms with Crippen molar-refractivity contribution in [3.8, 4) is 5.75 Å². The molecule has 2 N–H and O–H groups in total. The van der Waals surface area contributed by atoms with Crippen LogP contribution in [0.15, 0.2) is 54.6 Å². The Morgan fingerprint density at radius 2 is 1.75 bits per heavy atom. The lowest BCUT2D eigenvalue weighted by Crippen LogP contribution is -2.74. The first-order valence-corrected chi connectivity index (χ1v) is 9.99. The van der Waals surface area contributed by atoms with Crippen molar-refractivity contribution in [3.05, 3.63) is 65.7 Å². The second-order valence-electron chi connectivity index (χ2n) is 7.41. The normalized spacial score (nSPS) is 18.3. The maximum Gasteiger partial charge on any atom is 0.325 e. The number of carboxylic acids is 1. The Hall–Kier alpha value is -3.88. The molecular formula is C23H24N2O7. The molecule has 2 aromatic carbocycles. The number of rotatable bonds is 9. The molecule has 0 bridgehead atoms. The van der Waals surface area contributed by atoms with Crippen LogP contribution in [-0.2, 0) is 25.7 Å². The molecule has 0 aromatic heterocycles. The minimum absolute atomic E-state index is 0.00181. The largest absolute Gasteiger partial charge is 0.497 e. The number of esters is 1. The van der Waals surface area contributed by atoms with E-state index in [1.807, 2.05) is 0 Å². The topological polar surface area (TPSA) is 122 Å². The van der Waals surface area contributed by atoms with Crippen molar-refractivity contribution in [1.82, 2.24) is 10.2 Å². The molecule has 9 nitrogen and oxygen atoms in total. The summed E-state index contributed by atoms with van der Waals surface area (Å²) < 4.78 is 10.3. The van der Waals surface area contributed by atoms with Crippen molar-refractivity contribution in [2.45, 2.75) is 25.6 Å². The lowest BCUT2D eigenvalue weighted by atomic mass is 9.84. The number of nitrogens with zero attached hydrogens (tertiary/aromatic N) is 1. The number of likely N-dealkylation sites (tertiary alicyclic amines) is 1. The fourth-order valence-electron chi connectivity index (χ4n) is 3.49. The van der Waals surface area contributed by atoms with E-state index in [0.717, 1.165) is 10.5 Å². The summed E-state index contributed by atoms with van der Waals surface area (Å²) in [6.07, 6.45) is 0. The lowest BCUT2D eigenvalue weighted by Gasteiger charge is -2.48. The third-order valence-corrected chi connectivity index (χ3v) is 5.33. The second-order valence-corrected chi connectivity index (χ2v) is 7.41. The predicted molar refractivity (Wildman–Crippen MR) is 113 cm³/mol. The van der Waals surface area contributed by atoms with E-state index in [-0.39, 0.29) is 6.61 Å². The van der Waals surface area contributed by atoms with E-state index in [0.29, 0.717) is 11.3 Å². The van der Waals surface area contributed by atoms with Crippen LogP contribution in [0.1, 0.15) is 22.8 Å². The van der Waals surface area contributed by atoms with Crippen molar-refractivity contribution >= 4 is 23.8 Å². The number of methoxy groups -OCH3 is 1. The Labute approximate surface area is 184 Å². The fraction of sp³-hybridized carbons (Fsp3) is 0.304. The second kappa shape index (κ2) is 9.95. The van der Waals surface area contributed by atoms with E-state index >= 15 is 0 Å². The fourth-order valence-corrected chi connectivity index (χ4v) is 3.49. The number of ether oxygens (including phenoxy) is 2. The molecule has 1 saturated heterocycles. The summed E-state index contributed by atoms with van der Waals surface area (Å²) in [6.45, 7) is 1.02. The van der Waals surface area contributed by atoms with Crippen molar-refractivity contribution in [1.29, 1.82) is 0 Å². The molecule has 3 rings (SSSR count). The van der Waals surface area contributed by atoms with Gasteiger partial charge in [0.15, 0.2) is 0 Å². The van der Waals surface area contributed by atoms with Crippen molar-refractivity contribution in [3.63, 3.8) is 0 Å². The Bertz CT molecular complexity index is 991. The zero-order valence-electron chi connectivity index (χ0n) is 17.7. The van der Waals surface area contributed by atoms with Gasteiger partial charge in [-0.15, -0.1) is 0 Å². The SMILES string of the molecule is COc1ccc(COC(=O)CN2C(=O)C(NC(=O)c3ccccc3)C2C(C)C(=O)O)cc1. The smallest absolute Gasteiger partial charge is 0.325 e. The third kappa shape index (κ3) is 5.05. The van der Waals surface area contributed by atoms with Crippen molar-refractivity contribution in [2.75, 3.05) is 13.7 Å². The molecule has 3 unspecified atom stereocenters. The Balaban J connectivity index is 1.62. The molecule has 1 aliphatic heterocycles. The minimum atomic E-state index is -1.14. The number of hydrogen-bond acceptors (Lipinski definition) is 6. The highest BCUT2D eigenvalue weighted by atomic mass is 16.5. The minimum Gasteiger partial charge on any atom is -0.497 e. The zero-order chi connectivity index (χ0) is 23.3. The molecule has 0 saturated carbocycles.